The van der Waals surface area contributed by atoms with Crippen LogP contribution in [0.1, 0.15) is 35.6 Å². The standard InChI is InChI=1S/C15H20N4/c1-3-12-7-8-13(17-10-12)9-15(19-16)14-6-4-5-11(2)18-14/h4-8,10,15,19H,3,9,16H2,1-2H3. The van der Waals surface area contributed by atoms with E-state index in [4.69, 9.17) is 5.84 Å². The van der Waals surface area contributed by atoms with Crippen molar-refractivity contribution in [2.24, 2.45) is 5.84 Å². The molecule has 2 aromatic rings. The van der Waals surface area contributed by atoms with Gasteiger partial charge in [0.05, 0.1) is 11.7 Å². The Kier molecular flexibility index (Phi) is 4.60. The number of pyridine rings is 2. The Morgan fingerprint density at radius 1 is 1.26 bits per heavy atom. The van der Waals surface area contributed by atoms with Gasteiger partial charge in [0, 0.05) is 24.0 Å². The first-order valence-corrected chi connectivity index (χ1v) is 6.56. The molecule has 0 aliphatic carbocycles. The number of aryl methyl sites for hydroxylation is 2. The van der Waals surface area contributed by atoms with Gasteiger partial charge in [0.2, 0.25) is 0 Å². The van der Waals surface area contributed by atoms with Crippen molar-refractivity contribution in [1.82, 2.24) is 15.4 Å². The van der Waals surface area contributed by atoms with Crippen molar-refractivity contribution >= 4 is 0 Å². The van der Waals surface area contributed by atoms with Crippen LogP contribution < -0.4 is 11.3 Å². The van der Waals surface area contributed by atoms with Crippen LogP contribution in [0, 0.1) is 6.92 Å². The summed E-state index contributed by atoms with van der Waals surface area (Å²) in [5, 5.41) is 0. The average molecular weight is 256 g/mol. The first-order chi connectivity index (χ1) is 9.22. The normalized spacial score (nSPS) is 12.4. The van der Waals surface area contributed by atoms with Gasteiger partial charge in [-0.25, -0.2) is 0 Å². The van der Waals surface area contributed by atoms with E-state index in [1.165, 1.54) is 5.56 Å². The molecule has 4 heteroatoms. The first kappa shape index (κ1) is 13.6. The number of nitrogens with two attached hydrogens (primary N) is 1. The predicted octanol–water partition coefficient (Wildman–Crippen LogP) is 2.09. The minimum Gasteiger partial charge on any atom is -0.271 e. The largest absolute Gasteiger partial charge is 0.271 e. The molecule has 0 spiro atoms. The quantitative estimate of drug-likeness (QED) is 0.635. The molecule has 0 saturated heterocycles. The van der Waals surface area contributed by atoms with Crippen LogP contribution in [-0.4, -0.2) is 9.97 Å². The zero-order valence-electron chi connectivity index (χ0n) is 11.4. The lowest BCUT2D eigenvalue weighted by molar-refractivity contribution is 0.531. The van der Waals surface area contributed by atoms with Crippen molar-refractivity contribution in [3.8, 4) is 0 Å². The van der Waals surface area contributed by atoms with E-state index in [0.29, 0.717) is 0 Å². The minimum absolute atomic E-state index is 0.0140. The molecule has 2 rings (SSSR count). The van der Waals surface area contributed by atoms with Crippen LogP contribution in [0.15, 0.2) is 36.5 Å². The fourth-order valence-electron chi connectivity index (χ4n) is 2.00. The molecule has 0 amide bonds. The number of nitrogens with one attached hydrogen (secondary N) is 1. The van der Waals surface area contributed by atoms with Crippen LogP contribution in [0.5, 0.6) is 0 Å². The Bertz CT molecular complexity index is 522. The van der Waals surface area contributed by atoms with E-state index in [1.54, 1.807) is 0 Å². The molecule has 0 bridgehead atoms. The molecular formula is C15H20N4. The van der Waals surface area contributed by atoms with Crippen molar-refractivity contribution in [3.63, 3.8) is 0 Å². The molecule has 0 aromatic carbocycles. The molecule has 0 aliphatic heterocycles. The summed E-state index contributed by atoms with van der Waals surface area (Å²) in [6.45, 7) is 4.10. The summed E-state index contributed by atoms with van der Waals surface area (Å²) in [5.74, 6) is 5.64. The summed E-state index contributed by atoms with van der Waals surface area (Å²) < 4.78 is 0. The molecule has 1 atom stereocenters. The third-order valence-electron chi connectivity index (χ3n) is 3.18. The second-order valence-corrected chi connectivity index (χ2v) is 4.64. The van der Waals surface area contributed by atoms with Gasteiger partial charge in [0.1, 0.15) is 0 Å². The molecule has 2 heterocycles. The maximum absolute atomic E-state index is 5.64. The zero-order valence-corrected chi connectivity index (χ0v) is 11.4. The van der Waals surface area contributed by atoms with Crippen molar-refractivity contribution in [2.75, 3.05) is 0 Å². The van der Waals surface area contributed by atoms with Gasteiger partial charge in [-0.15, -0.1) is 0 Å². The van der Waals surface area contributed by atoms with E-state index >= 15 is 0 Å². The molecule has 2 aromatic heterocycles. The Morgan fingerprint density at radius 3 is 2.68 bits per heavy atom. The number of rotatable bonds is 5. The first-order valence-electron chi connectivity index (χ1n) is 6.56. The monoisotopic (exact) mass is 256 g/mol. The fraction of sp³-hybridized carbons (Fsp3) is 0.333. The fourth-order valence-corrected chi connectivity index (χ4v) is 2.00. The number of hydrogen-bond acceptors (Lipinski definition) is 4. The highest BCUT2D eigenvalue weighted by molar-refractivity contribution is 5.18. The molecule has 0 fully saturated rings. The summed E-state index contributed by atoms with van der Waals surface area (Å²) >= 11 is 0. The third kappa shape index (κ3) is 3.59. The van der Waals surface area contributed by atoms with E-state index in [0.717, 1.165) is 29.9 Å². The maximum atomic E-state index is 5.64. The molecule has 100 valence electrons. The van der Waals surface area contributed by atoms with Crippen molar-refractivity contribution in [3.05, 3.63) is 59.2 Å². The van der Waals surface area contributed by atoms with Crippen LogP contribution in [0.3, 0.4) is 0 Å². The summed E-state index contributed by atoms with van der Waals surface area (Å²) in [6.07, 6.45) is 3.66. The summed E-state index contributed by atoms with van der Waals surface area (Å²) in [5.41, 5.74) is 7.02. The van der Waals surface area contributed by atoms with Gasteiger partial charge in [-0.2, -0.15) is 0 Å². The highest BCUT2D eigenvalue weighted by Gasteiger charge is 2.12. The molecule has 1 unspecified atom stereocenters. The van der Waals surface area contributed by atoms with Crippen LogP contribution in [0.4, 0.5) is 0 Å². The lowest BCUT2D eigenvalue weighted by Gasteiger charge is -2.15. The van der Waals surface area contributed by atoms with Crippen LogP contribution >= 0.6 is 0 Å². The van der Waals surface area contributed by atoms with Crippen LogP contribution in [-0.2, 0) is 12.8 Å². The molecule has 0 aliphatic rings. The van der Waals surface area contributed by atoms with E-state index in [1.807, 2.05) is 31.3 Å². The highest BCUT2D eigenvalue weighted by Crippen LogP contribution is 2.15. The number of hydrogen-bond donors (Lipinski definition) is 2. The van der Waals surface area contributed by atoms with E-state index in [2.05, 4.69) is 34.5 Å². The number of aromatic nitrogens is 2. The predicted molar refractivity (Wildman–Crippen MR) is 76.4 cm³/mol. The summed E-state index contributed by atoms with van der Waals surface area (Å²) in [7, 11) is 0. The maximum Gasteiger partial charge on any atom is 0.0687 e. The van der Waals surface area contributed by atoms with Crippen LogP contribution in [0.25, 0.3) is 0 Å². The van der Waals surface area contributed by atoms with Gasteiger partial charge in [-0.05, 0) is 37.1 Å². The smallest absolute Gasteiger partial charge is 0.0687 e. The third-order valence-corrected chi connectivity index (χ3v) is 3.18. The second-order valence-electron chi connectivity index (χ2n) is 4.64. The topological polar surface area (TPSA) is 63.8 Å². The van der Waals surface area contributed by atoms with Crippen LogP contribution in [0.2, 0.25) is 0 Å². The molecule has 4 nitrogen and oxygen atoms in total. The average Bonchev–Trinajstić information content (AvgIpc) is 2.45. The Balaban J connectivity index is 2.14. The molecule has 19 heavy (non-hydrogen) atoms. The summed E-state index contributed by atoms with van der Waals surface area (Å²) in [6, 6.07) is 10.1. The van der Waals surface area contributed by atoms with Gasteiger partial charge >= 0.3 is 0 Å². The van der Waals surface area contributed by atoms with E-state index in [9.17, 15) is 0 Å². The van der Waals surface area contributed by atoms with Crippen molar-refractivity contribution < 1.29 is 0 Å². The van der Waals surface area contributed by atoms with Gasteiger partial charge in [0.25, 0.3) is 0 Å². The van der Waals surface area contributed by atoms with E-state index < -0.39 is 0 Å². The van der Waals surface area contributed by atoms with E-state index in [-0.39, 0.29) is 6.04 Å². The zero-order chi connectivity index (χ0) is 13.7. The van der Waals surface area contributed by atoms with Gasteiger partial charge in [0.15, 0.2) is 0 Å². The molecular weight excluding hydrogens is 236 g/mol. The Labute approximate surface area is 114 Å². The Morgan fingerprint density at radius 2 is 2.11 bits per heavy atom. The number of hydrazine groups is 1. The summed E-state index contributed by atoms with van der Waals surface area (Å²) in [4.78, 5) is 8.97. The molecule has 0 radical (unpaired) electrons. The molecule has 0 saturated carbocycles. The lowest BCUT2D eigenvalue weighted by atomic mass is 10.1. The van der Waals surface area contributed by atoms with Crippen molar-refractivity contribution in [2.45, 2.75) is 32.7 Å². The van der Waals surface area contributed by atoms with Gasteiger partial charge in [-0.1, -0.05) is 19.1 Å². The van der Waals surface area contributed by atoms with Crippen molar-refractivity contribution in [1.29, 1.82) is 0 Å². The SMILES string of the molecule is CCc1ccc(CC(NN)c2cccc(C)n2)nc1. The lowest BCUT2D eigenvalue weighted by Crippen LogP contribution is -2.30. The van der Waals surface area contributed by atoms with Gasteiger partial charge < -0.3 is 0 Å². The van der Waals surface area contributed by atoms with Gasteiger partial charge in [-0.3, -0.25) is 21.2 Å². The second kappa shape index (κ2) is 6.41. The molecule has 3 N–H and O–H groups in total. The minimum atomic E-state index is -0.0140. The number of nitrogens with zero attached hydrogens (tertiary/aromatic N) is 2. The highest BCUT2D eigenvalue weighted by atomic mass is 15.2. The Hall–Kier alpha value is -1.78.